The second-order valence-corrected chi connectivity index (χ2v) is 6.00. The summed E-state index contributed by atoms with van der Waals surface area (Å²) in [4.78, 5) is 0. The maximum Gasteiger partial charge on any atom is 0.103 e. The molecule has 0 spiro atoms. The number of aliphatic hydroxyl groups is 1. The van der Waals surface area contributed by atoms with Crippen molar-refractivity contribution in [1.29, 1.82) is 0 Å². The van der Waals surface area contributed by atoms with E-state index in [1.54, 1.807) is 6.26 Å². The monoisotopic (exact) mass is 269 g/mol. The molecule has 19 heavy (non-hydrogen) atoms. The van der Waals surface area contributed by atoms with Crippen molar-refractivity contribution in [2.75, 3.05) is 13.2 Å². The number of ether oxygens (including phenoxy) is 1. The Morgan fingerprint density at radius 3 is 2.74 bits per heavy atom. The quantitative estimate of drug-likeness (QED) is 0.760. The van der Waals surface area contributed by atoms with E-state index in [1.807, 2.05) is 32.9 Å². The molecule has 0 fully saturated rings. The number of aliphatic hydroxyl groups excluding tert-OH is 1. The van der Waals surface area contributed by atoms with Gasteiger partial charge in [0.1, 0.15) is 5.76 Å². The zero-order valence-electron chi connectivity index (χ0n) is 12.5. The first-order valence-electron chi connectivity index (χ1n) is 6.94. The number of nitrogens with one attached hydrogen (secondary N) is 1. The van der Waals surface area contributed by atoms with Crippen LogP contribution in [0.15, 0.2) is 22.8 Å². The van der Waals surface area contributed by atoms with Gasteiger partial charge < -0.3 is 19.6 Å². The van der Waals surface area contributed by atoms with Crippen LogP contribution >= 0.6 is 0 Å². The molecule has 1 aromatic rings. The van der Waals surface area contributed by atoms with Crippen LogP contribution in [-0.4, -0.2) is 36.0 Å². The van der Waals surface area contributed by atoms with E-state index in [9.17, 15) is 5.11 Å². The number of hydrogen-bond donors (Lipinski definition) is 2. The summed E-state index contributed by atoms with van der Waals surface area (Å²) in [5.74, 6) is 1.00. The van der Waals surface area contributed by atoms with Gasteiger partial charge in [0.05, 0.1) is 24.6 Å². The van der Waals surface area contributed by atoms with Crippen molar-refractivity contribution in [2.24, 2.45) is 0 Å². The van der Waals surface area contributed by atoms with E-state index >= 15 is 0 Å². The van der Waals surface area contributed by atoms with Crippen LogP contribution in [0.1, 0.15) is 39.9 Å². The molecule has 0 aromatic carbocycles. The molecule has 0 saturated carbocycles. The predicted octanol–water partition coefficient (Wildman–Crippen LogP) is 2.37. The third-order valence-electron chi connectivity index (χ3n) is 2.81. The smallest absolute Gasteiger partial charge is 0.103 e. The van der Waals surface area contributed by atoms with E-state index in [1.165, 1.54) is 0 Å². The average Bonchev–Trinajstić information content (AvgIpc) is 2.83. The first-order chi connectivity index (χ1) is 8.87. The number of aryl methyl sites for hydroxylation is 1. The van der Waals surface area contributed by atoms with Gasteiger partial charge in [-0.2, -0.15) is 0 Å². The highest BCUT2D eigenvalue weighted by Gasteiger charge is 2.14. The van der Waals surface area contributed by atoms with Crippen LogP contribution in [0, 0.1) is 0 Å². The van der Waals surface area contributed by atoms with Gasteiger partial charge in [0.25, 0.3) is 0 Å². The fourth-order valence-corrected chi connectivity index (χ4v) is 1.66. The van der Waals surface area contributed by atoms with Gasteiger partial charge in [-0.05, 0) is 46.2 Å². The molecule has 4 heteroatoms. The molecule has 0 bridgehead atoms. The summed E-state index contributed by atoms with van der Waals surface area (Å²) in [6.07, 6.45) is 3.13. The minimum atomic E-state index is -0.467. The second-order valence-electron chi connectivity index (χ2n) is 6.00. The molecule has 0 aliphatic carbocycles. The largest absolute Gasteiger partial charge is 0.469 e. The van der Waals surface area contributed by atoms with Crippen molar-refractivity contribution in [3.8, 4) is 0 Å². The van der Waals surface area contributed by atoms with Crippen molar-refractivity contribution in [2.45, 2.75) is 58.3 Å². The summed E-state index contributed by atoms with van der Waals surface area (Å²) in [6.45, 7) is 8.98. The number of rotatable bonds is 8. The van der Waals surface area contributed by atoms with E-state index in [0.29, 0.717) is 19.2 Å². The Morgan fingerprint density at radius 2 is 2.16 bits per heavy atom. The fraction of sp³-hybridized carbons (Fsp3) is 0.733. The minimum Gasteiger partial charge on any atom is -0.469 e. The highest BCUT2D eigenvalue weighted by atomic mass is 16.5. The van der Waals surface area contributed by atoms with Gasteiger partial charge in [0, 0.05) is 19.0 Å². The normalized spacial score (nSPS) is 15.4. The molecule has 110 valence electrons. The number of hydrogen-bond acceptors (Lipinski definition) is 4. The molecule has 2 N–H and O–H groups in total. The summed E-state index contributed by atoms with van der Waals surface area (Å²) in [5.41, 5.74) is -0.202. The predicted molar refractivity (Wildman–Crippen MR) is 76.2 cm³/mol. The summed E-state index contributed by atoms with van der Waals surface area (Å²) >= 11 is 0. The van der Waals surface area contributed by atoms with E-state index in [2.05, 4.69) is 12.2 Å². The van der Waals surface area contributed by atoms with Gasteiger partial charge in [-0.1, -0.05) is 0 Å². The van der Waals surface area contributed by atoms with Crippen molar-refractivity contribution >= 4 is 0 Å². The molecular weight excluding hydrogens is 242 g/mol. The average molecular weight is 269 g/mol. The van der Waals surface area contributed by atoms with Gasteiger partial charge in [-0.3, -0.25) is 0 Å². The minimum absolute atomic E-state index is 0.202. The van der Waals surface area contributed by atoms with Crippen molar-refractivity contribution in [1.82, 2.24) is 5.32 Å². The second kappa shape index (κ2) is 7.68. The Labute approximate surface area is 116 Å². The lowest BCUT2D eigenvalue weighted by atomic mass is 10.1. The summed E-state index contributed by atoms with van der Waals surface area (Å²) < 4.78 is 10.8. The Bertz CT molecular complexity index is 330. The SMILES string of the molecule is CC(CCc1ccco1)NCC(O)COC(C)(C)C. The van der Waals surface area contributed by atoms with Gasteiger partial charge in [0.2, 0.25) is 0 Å². The van der Waals surface area contributed by atoms with Crippen LogP contribution < -0.4 is 5.32 Å². The summed E-state index contributed by atoms with van der Waals surface area (Å²) in [6, 6.07) is 4.23. The molecule has 2 unspecified atom stereocenters. The molecule has 0 radical (unpaired) electrons. The topological polar surface area (TPSA) is 54.6 Å². The first-order valence-corrected chi connectivity index (χ1v) is 6.94. The lowest BCUT2D eigenvalue weighted by molar-refractivity contribution is -0.0483. The van der Waals surface area contributed by atoms with Gasteiger partial charge >= 0.3 is 0 Å². The molecule has 0 amide bonds. The Morgan fingerprint density at radius 1 is 1.42 bits per heavy atom. The van der Waals surface area contributed by atoms with Gasteiger partial charge in [-0.25, -0.2) is 0 Å². The molecule has 1 heterocycles. The van der Waals surface area contributed by atoms with E-state index in [0.717, 1.165) is 18.6 Å². The summed E-state index contributed by atoms with van der Waals surface area (Å²) in [5, 5.41) is 13.1. The lowest BCUT2D eigenvalue weighted by Crippen LogP contribution is -2.37. The fourth-order valence-electron chi connectivity index (χ4n) is 1.66. The maximum atomic E-state index is 9.81. The first kappa shape index (κ1) is 16.2. The van der Waals surface area contributed by atoms with Crippen LogP contribution in [0.4, 0.5) is 0 Å². The van der Waals surface area contributed by atoms with Crippen LogP contribution in [-0.2, 0) is 11.2 Å². The highest BCUT2D eigenvalue weighted by Crippen LogP contribution is 2.08. The third kappa shape index (κ3) is 8.03. The van der Waals surface area contributed by atoms with Gasteiger partial charge in [0.15, 0.2) is 0 Å². The van der Waals surface area contributed by atoms with Crippen molar-refractivity contribution in [3.63, 3.8) is 0 Å². The number of furan rings is 1. The van der Waals surface area contributed by atoms with Crippen LogP contribution in [0.5, 0.6) is 0 Å². The Hall–Kier alpha value is -0.840. The van der Waals surface area contributed by atoms with Crippen molar-refractivity contribution < 1.29 is 14.3 Å². The van der Waals surface area contributed by atoms with Gasteiger partial charge in [-0.15, -0.1) is 0 Å². The Balaban J connectivity index is 2.10. The van der Waals surface area contributed by atoms with Crippen molar-refractivity contribution in [3.05, 3.63) is 24.2 Å². The molecule has 0 saturated heterocycles. The van der Waals surface area contributed by atoms with E-state index in [4.69, 9.17) is 9.15 Å². The Kier molecular flexibility index (Phi) is 6.55. The van der Waals surface area contributed by atoms with Crippen LogP contribution in [0.25, 0.3) is 0 Å². The molecule has 0 aliphatic rings. The molecule has 0 aliphatic heterocycles. The zero-order valence-corrected chi connectivity index (χ0v) is 12.5. The highest BCUT2D eigenvalue weighted by molar-refractivity contribution is 4.98. The summed E-state index contributed by atoms with van der Waals surface area (Å²) in [7, 11) is 0. The van der Waals surface area contributed by atoms with Crippen LogP contribution in [0.2, 0.25) is 0 Å². The molecule has 1 aromatic heterocycles. The lowest BCUT2D eigenvalue weighted by Gasteiger charge is -2.23. The molecular formula is C15H27NO3. The third-order valence-corrected chi connectivity index (χ3v) is 2.81. The zero-order chi connectivity index (χ0) is 14.3. The maximum absolute atomic E-state index is 9.81. The van der Waals surface area contributed by atoms with Crippen LogP contribution in [0.3, 0.4) is 0 Å². The molecule has 4 nitrogen and oxygen atoms in total. The van der Waals surface area contributed by atoms with E-state index < -0.39 is 6.10 Å². The van der Waals surface area contributed by atoms with E-state index in [-0.39, 0.29) is 5.60 Å². The molecule has 2 atom stereocenters. The standard InChI is InChI=1S/C15H27NO3/c1-12(7-8-14-6-5-9-18-14)16-10-13(17)11-19-15(2,3)4/h5-6,9,12-13,16-17H,7-8,10-11H2,1-4H3. The molecule has 1 rings (SSSR count).